The highest BCUT2D eigenvalue weighted by atomic mass is 35.5. The molecular formula is C52H70Cl4N8O12S2. The number of hydrogen-bond donors (Lipinski definition) is 6. The van der Waals surface area contributed by atoms with Crippen molar-refractivity contribution in [3.8, 4) is 11.5 Å². The molecule has 78 heavy (non-hydrogen) atoms. The number of urea groups is 2. The van der Waals surface area contributed by atoms with E-state index in [9.17, 15) is 26.4 Å². The Bertz CT molecular complexity index is 2620. The lowest BCUT2D eigenvalue weighted by Gasteiger charge is -2.27. The van der Waals surface area contributed by atoms with E-state index in [1.165, 1.54) is 24.3 Å². The van der Waals surface area contributed by atoms with Crippen LogP contribution in [0.5, 0.6) is 11.5 Å². The molecule has 4 aromatic rings. The first-order valence-electron chi connectivity index (χ1n) is 25.5. The zero-order chi connectivity index (χ0) is 56.2. The monoisotopic (exact) mass is 1200 g/mol. The number of halogens is 4. The Balaban J connectivity index is 0.694. The molecule has 0 saturated carbocycles. The Morgan fingerprint density at radius 1 is 0.487 bits per heavy atom. The van der Waals surface area contributed by atoms with Gasteiger partial charge < -0.3 is 59.5 Å². The lowest BCUT2D eigenvalue weighted by atomic mass is 10.1. The third-order valence-corrected chi connectivity index (χ3v) is 16.8. The van der Waals surface area contributed by atoms with Crippen LogP contribution in [0.15, 0.2) is 82.6 Å². The number of nitrogens with one attached hydrogen (secondary N) is 6. The van der Waals surface area contributed by atoms with E-state index in [2.05, 4.69) is 40.5 Å². The van der Waals surface area contributed by atoms with Crippen LogP contribution in [0.25, 0.3) is 0 Å². The molecule has 20 nitrogen and oxygen atoms in total. The molecule has 0 saturated heterocycles. The van der Waals surface area contributed by atoms with Gasteiger partial charge in [-0.2, -0.15) is 0 Å². The van der Waals surface area contributed by atoms with Gasteiger partial charge in [0.05, 0.1) is 74.7 Å². The fourth-order valence-electron chi connectivity index (χ4n) is 8.67. The van der Waals surface area contributed by atoms with E-state index >= 15 is 0 Å². The van der Waals surface area contributed by atoms with Gasteiger partial charge >= 0.3 is 12.1 Å². The average Bonchev–Trinajstić information content (AvgIpc) is 4.13. The van der Waals surface area contributed by atoms with Gasteiger partial charge in [0.15, 0.2) is 0 Å². The van der Waals surface area contributed by atoms with Crippen LogP contribution < -0.4 is 40.2 Å². The van der Waals surface area contributed by atoms with Gasteiger partial charge in [-0.25, -0.2) is 35.9 Å². The van der Waals surface area contributed by atoms with Crippen molar-refractivity contribution in [3.63, 3.8) is 0 Å². The summed E-state index contributed by atoms with van der Waals surface area (Å²) in [5.41, 5.74) is 3.80. The largest absolute Gasteiger partial charge is 0.484 e. The lowest BCUT2D eigenvalue weighted by Crippen LogP contribution is -2.39. The Morgan fingerprint density at radius 2 is 0.821 bits per heavy atom. The maximum Gasteiger partial charge on any atom is 0.314 e. The molecule has 4 atom stereocenters. The second-order valence-electron chi connectivity index (χ2n) is 18.7. The van der Waals surface area contributed by atoms with Gasteiger partial charge in [-0.1, -0.05) is 46.4 Å². The fraction of sp³-hybridized carbons (Fsp3) is 0.500. The van der Waals surface area contributed by atoms with Crippen molar-refractivity contribution in [2.75, 3.05) is 120 Å². The van der Waals surface area contributed by atoms with E-state index in [-0.39, 0.29) is 125 Å². The number of ether oxygens (including phenoxy) is 6. The van der Waals surface area contributed by atoms with E-state index in [4.69, 9.17) is 74.8 Å². The summed E-state index contributed by atoms with van der Waals surface area (Å²) < 4.78 is 91.3. The van der Waals surface area contributed by atoms with Crippen LogP contribution >= 0.6 is 46.4 Å². The van der Waals surface area contributed by atoms with Gasteiger partial charge in [0.25, 0.3) is 0 Å². The highest BCUT2D eigenvalue weighted by molar-refractivity contribution is 7.89. The maximum absolute atomic E-state index is 12.9. The van der Waals surface area contributed by atoms with Crippen LogP contribution in [0.3, 0.4) is 0 Å². The number of likely N-dealkylation sites (N-methyl/N-ethyl adjacent to an activating group) is 2. The summed E-state index contributed by atoms with van der Waals surface area (Å²) in [6.45, 7) is 3.31. The number of carbonyl (C=O) groups excluding carboxylic acids is 2. The molecular weight excluding hydrogens is 1130 g/mol. The van der Waals surface area contributed by atoms with Crippen molar-refractivity contribution >= 4 is 78.5 Å². The average molecular weight is 1210 g/mol. The SMILES string of the molecule is CN(C)[C@@H]1Cc2c(Cl)cc(Cl)cc2[C@@H]1Oc1ccc(S(=O)(=O)NCCOCCOCCNC(=O)NCCCCNC(=O)NCCOCCOCCNS(=O)(=O)c2ccc(O[C@H]3c4cc(Cl)cc(Cl)c4C[C@H]3N(C)C)cc2)cc1. The van der Waals surface area contributed by atoms with E-state index < -0.39 is 20.0 Å². The first-order valence-corrected chi connectivity index (χ1v) is 30.0. The third kappa shape index (κ3) is 19.2. The van der Waals surface area contributed by atoms with Gasteiger partial charge in [-0.15, -0.1) is 0 Å². The molecule has 26 heteroatoms. The molecule has 4 amide bonds. The first-order chi connectivity index (χ1) is 37.3. The number of nitrogens with zero attached hydrogens (tertiary/aromatic N) is 2. The highest BCUT2D eigenvalue weighted by Gasteiger charge is 2.39. The molecule has 0 aromatic heterocycles. The standard InChI is InChI=1S/C52H70Cl4N8O12S2/c1-63(2)47-33-41-43(29-35(53)31-45(41)55)49(47)75-37-7-11-39(12-8-37)77(67,68)61-19-23-73-27-25-71-21-17-59-51(65)57-15-5-6-16-58-52(66)60-18-22-72-26-28-74-24-20-62-78(69,70)40-13-9-38(10-14-40)76-50-44-30-36(54)32-46(56)42(44)34-48(50)64(3)4/h7-14,29-32,47-50,61-62H,5-6,15-28,33-34H2,1-4H3,(H2,57,59,65)(H2,58,60,66)/t47-,48-,49+,50+/m1/s1. The molecule has 4 aromatic carbocycles. The Hall–Kier alpha value is -4.24. The van der Waals surface area contributed by atoms with Crippen molar-refractivity contribution < 1.29 is 54.8 Å². The van der Waals surface area contributed by atoms with Crippen LogP contribution in [-0.2, 0) is 51.8 Å². The van der Waals surface area contributed by atoms with Crippen LogP contribution in [0.2, 0.25) is 20.1 Å². The Labute approximate surface area is 477 Å². The molecule has 2 aliphatic rings. The smallest absolute Gasteiger partial charge is 0.314 e. The predicted octanol–water partition coefficient (Wildman–Crippen LogP) is 6.21. The molecule has 6 N–H and O–H groups in total. The van der Waals surface area contributed by atoms with Gasteiger partial charge in [-0.3, -0.25) is 0 Å². The van der Waals surface area contributed by atoms with Crippen LogP contribution in [0, 0.1) is 0 Å². The summed E-state index contributed by atoms with van der Waals surface area (Å²) in [6.07, 6.45) is 2.02. The highest BCUT2D eigenvalue weighted by Crippen LogP contribution is 2.43. The van der Waals surface area contributed by atoms with Gasteiger partial charge in [0.1, 0.15) is 23.7 Å². The third-order valence-electron chi connectivity index (χ3n) is 12.7. The number of carbonyl (C=O) groups is 2. The lowest BCUT2D eigenvalue weighted by molar-refractivity contribution is 0.0516. The Kier molecular flexibility index (Phi) is 25.1. The number of hydrogen-bond acceptors (Lipinski definition) is 14. The van der Waals surface area contributed by atoms with Crippen molar-refractivity contribution in [2.24, 2.45) is 0 Å². The van der Waals surface area contributed by atoms with E-state index in [0.29, 0.717) is 70.4 Å². The topological polar surface area (TPSA) is 236 Å². The molecule has 0 bridgehead atoms. The van der Waals surface area contributed by atoms with Gasteiger partial charge in [0, 0.05) is 70.5 Å². The Morgan fingerprint density at radius 3 is 1.17 bits per heavy atom. The predicted molar refractivity (Wildman–Crippen MR) is 301 cm³/mol. The molecule has 0 aliphatic heterocycles. The fourth-order valence-corrected chi connectivity index (χ4v) is 11.9. The van der Waals surface area contributed by atoms with E-state index in [1.807, 2.05) is 40.3 Å². The molecule has 6 rings (SSSR count). The van der Waals surface area contributed by atoms with Crippen LogP contribution in [0.4, 0.5) is 9.59 Å². The molecule has 430 valence electrons. The van der Waals surface area contributed by atoms with E-state index in [1.54, 1.807) is 36.4 Å². The summed E-state index contributed by atoms with van der Waals surface area (Å²) in [5, 5.41) is 13.1. The zero-order valence-corrected chi connectivity index (χ0v) is 48.7. The van der Waals surface area contributed by atoms with Crippen molar-refractivity contribution in [1.82, 2.24) is 40.5 Å². The van der Waals surface area contributed by atoms with Crippen molar-refractivity contribution in [3.05, 3.63) is 115 Å². The number of benzene rings is 4. The number of fused-ring (bicyclic) bond motifs is 2. The maximum atomic E-state index is 12.9. The summed E-state index contributed by atoms with van der Waals surface area (Å²) >= 11 is 25.6. The van der Waals surface area contributed by atoms with Gasteiger partial charge in [-0.05, 0) is 138 Å². The molecule has 2 aliphatic carbocycles. The summed E-state index contributed by atoms with van der Waals surface area (Å²) in [7, 11) is 0.304. The van der Waals surface area contributed by atoms with Crippen molar-refractivity contribution in [2.45, 2.75) is 59.8 Å². The molecule has 0 spiro atoms. The summed E-state index contributed by atoms with van der Waals surface area (Å²) in [6, 6.07) is 19.0. The normalized spacial score (nSPS) is 17.0. The van der Waals surface area contributed by atoms with E-state index in [0.717, 1.165) is 22.3 Å². The second kappa shape index (κ2) is 31.1. The zero-order valence-electron chi connectivity index (χ0n) is 44.1. The molecule has 0 heterocycles. The minimum absolute atomic E-state index is 0.0179. The molecule has 0 fully saturated rings. The number of rotatable bonds is 33. The van der Waals surface area contributed by atoms with Crippen molar-refractivity contribution in [1.29, 1.82) is 0 Å². The van der Waals surface area contributed by atoms with Crippen LogP contribution in [-0.4, -0.2) is 171 Å². The number of unbranched alkanes of at least 4 members (excludes halogenated alkanes) is 1. The van der Waals surface area contributed by atoms with Gasteiger partial charge in [0.2, 0.25) is 20.0 Å². The number of amides is 4. The van der Waals surface area contributed by atoms with Crippen LogP contribution in [0.1, 0.15) is 47.3 Å². The minimum atomic E-state index is -3.79. The number of sulfonamides is 2. The quantitative estimate of drug-likeness (QED) is 0.0291. The molecule has 0 radical (unpaired) electrons. The minimum Gasteiger partial charge on any atom is -0.484 e. The summed E-state index contributed by atoms with van der Waals surface area (Å²) in [5.74, 6) is 1.03. The first kappa shape index (κ1) is 62.9. The second-order valence-corrected chi connectivity index (χ2v) is 23.9. The summed E-state index contributed by atoms with van der Waals surface area (Å²) in [4.78, 5) is 28.5. The molecule has 0 unspecified atom stereocenters.